The molecule has 0 aromatic heterocycles. The average Bonchev–Trinajstić information content (AvgIpc) is 2.46. The van der Waals surface area contributed by atoms with Crippen LogP contribution in [0.2, 0.25) is 0 Å². The number of esters is 1. The Labute approximate surface area is 140 Å². The standard InChI is InChI=1S/C18H22FNO4/c1-11-9-12(19)5-6-13(11)14-7-8-20(17(22)23)10-15(14)24-16(21)18(2,3)4/h5-7,9,15H,8,10H2,1-4H3,(H,22,23). The van der Waals surface area contributed by atoms with E-state index in [9.17, 15) is 19.1 Å². The number of carbonyl (C=O) groups is 2. The van der Waals surface area contributed by atoms with Crippen LogP contribution in [0.25, 0.3) is 5.57 Å². The van der Waals surface area contributed by atoms with Gasteiger partial charge in [0.25, 0.3) is 0 Å². The molecule has 1 unspecified atom stereocenters. The molecule has 0 aliphatic carbocycles. The summed E-state index contributed by atoms with van der Waals surface area (Å²) in [5, 5.41) is 9.20. The van der Waals surface area contributed by atoms with Crippen molar-refractivity contribution >= 4 is 17.6 Å². The summed E-state index contributed by atoms with van der Waals surface area (Å²) in [4.78, 5) is 24.7. The number of hydrogen-bond acceptors (Lipinski definition) is 3. The summed E-state index contributed by atoms with van der Waals surface area (Å²) in [7, 11) is 0. The third-order valence-electron chi connectivity index (χ3n) is 3.90. The molecule has 1 aromatic carbocycles. The number of nitrogens with zero attached hydrogens (tertiary/aromatic N) is 1. The van der Waals surface area contributed by atoms with Crippen LogP contribution >= 0.6 is 0 Å². The Kier molecular flexibility index (Phi) is 4.96. The Bertz CT molecular complexity index is 691. The molecule has 0 fully saturated rings. The summed E-state index contributed by atoms with van der Waals surface area (Å²) in [5.41, 5.74) is 1.48. The smallest absolute Gasteiger partial charge is 0.407 e. The molecule has 1 aliphatic rings. The Balaban J connectivity index is 2.37. The molecular formula is C18H22FNO4. The molecular weight excluding hydrogens is 313 g/mol. The third kappa shape index (κ3) is 3.93. The number of halogens is 1. The molecule has 0 spiro atoms. The Morgan fingerprint density at radius 3 is 2.54 bits per heavy atom. The Hall–Kier alpha value is -2.37. The number of hydrogen-bond donors (Lipinski definition) is 1. The van der Waals surface area contributed by atoms with Crippen molar-refractivity contribution in [1.29, 1.82) is 0 Å². The van der Waals surface area contributed by atoms with Crippen LogP contribution in [0, 0.1) is 18.2 Å². The highest BCUT2D eigenvalue weighted by molar-refractivity contribution is 5.80. The minimum absolute atomic E-state index is 0.0554. The molecule has 0 bridgehead atoms. The molecule has 6 heteroatoms. The van der Waals surface area contributed by atoms with Gasteiger partial charge >= 0.3 is 12.1 Å². The van der Waals surface area contributed by atoms with Crippen molar-refractivity contribution in [1.82, 2.24) is 4.90 Å². The first kappa shape index (κ1) is 18.0. The number of benzene rings is 1. The van der Waals surface area contributed by atoms with E-state index in [1.165, 1.54) is 17.0 Å². The number of ether oxygens (including phenoxy) is 1. The number of amides is 1. The fraction of sp³-hybridized carbons (Fsp3) is 0.444. The Morgan fingerprint density at radius 1 is 1.33 bits per heavy atom. The van der Waals surface area contributed by atoms with Gasteiger partial charge in [0, 0.05) is 6.54 Å². The average molecular weight is 335 g/mol. The van der Waals surface area contributed by atoms with E-state index in [0.717, 1.165) is 5.56 Å². The van der Waals surface area contributed by atoms with Crippen molar-refractivity contribution in [2.24, 2.45) is 5.41 Å². The van der Waals surface area contributed by atoms with Crippen LogP contribution in [-0.4, -0.2) is 41.3 Å². The fourth-order valence-electron chi connectivity index (χ4n) is 2.51. The topological polar surface area (TPSA) is 66.8 Å². The lowest BCUT2D eigenvalue weighted by Crippen LogP contribution is -2.43. The first-order valence-electron chi connectivity index (χ1n) is 7.75. The van der Waals surface area contributed by atoms with Crippen molar-refractivity contribution in [3.05, 3.63) is 41.2 Å². The lowest BCUT2D eigenvalue weighted by atomic mass is 9.92. The molecule has 1 amide bonds. The zero-order chi connectivity index (χ0) is 18.1. The summed E-state index contributed by atoms with van der Waals surface area (Å²) < 4.78 is 18.9. The van der Waals surface area contributed by atoms with Gasteiger partial charge in [0.1, 0.15) is 11.9 Å². The van der Waals surface area contributed by atoms with Gasteiger partial charge in [-0.05, 0) is 56.5 Å². The summed E-state index contributed by atoms with van der Waals surface area (Å²) in [6.45, 7) is 7.23. The molecule has 2 rings (SSSR count). The number of rotatable bonds is 2. The molecule has 0 saturated heterocycles. The van der Waals surface area contributed by atoms with Crippen molar-refractivity contribution in [2.75, 3.05) is 13.1 Å². The van der Waals surface area contributed by atoms with E-state index in [1.807, 2.05) is 0 Å². The lowest BCUT2D eigenvalue weighted by Gasteiger charge is -2.33. The summed E-state index contributed by atoms with van der Waals surface area (Å²) in [6, 6.07) is 4.38. The SMILES string of the molecule is Cc1cc(F)ccc1C1=CCN(C(=O)O)CC1OC(=O)C(C)(C)C. The van der Waals surface area contributed by atoms with Crippen molar-refractivity contribution in [2.45, 2.75) is 33.8 Å². The van der Waals surface area contributed by atoms with Gasteiger partial charge in [-0.1, -0.05) is 12.1 Å². The van der Waals surface area contributed by atoms with Crippen LogP contribution in [0.1, 0.15) is 31.9 Å². The first-order chi connectivity index (χ1) is 11.1. The van der Waals surface area contributed by atoms with Crippen LogP contribution in [0.4, 0.5) is 9.18 Å². The minimum atomic E-state index is -1.07. The van der Waals surface area contributed by atoms with Crippen LogP contribution in [0.3, 0.4) is 0 Å². The fourth-order valence-corrected chi connectivity index (χ4v) is 2.51. The molecule has 24 heavy (non-hydrogen) atoms. The molecule has 1 atom stereocenters. The van der Waals surface area contributed by atoms with Gasteiger partial charge in [0.15, 0.2) is 0 Å². The number of carboxylic acid groups (broad SMARTS) is 1. The highest BCUT2D eigenvalue weighted by Crippen LogP contribution is 2.30. The molecule has 1 aliphatic heterocycles. The maximum Gasteiger partial charge on any atom is 0.407 e. The molecule has 5 nitrogen and oxygen atoms in total. The number of aryl methyl sites for hydroxylation is 1. The van der Waals surface area contributed by atoms with E-state index in [2.05, 4.69) is 0 Å². The molecule has 1 heterocycles. The van der Waals surface area contributed by atoms with Gasteiger partial charge < -0.3 is 14.7 Å². The predicted octanol–water partition coefficient (Wildman–Crippen LogP) is 3.47. The maximum absolute atomic E-state index is 13.4. The van der Waals surface area contributed by atoms with E-state index in [4.69, 9.17) is 4.74 Å². The summed E-state index contributed by atoms with van der Waals surface area (Å²) in [6.07, 6.45) is -0.0676. The van der Waals surface area contributed by atoms with Gasteiger partial charge in [-0.3, -0.25) is 4.79 Å². The molecule has 1 N–H and O–H groups in total. The van der Waals surface area contributed by atoms with Crippen LogP contribution in [0.15, 0.2) is 24.3 Å². The quantitative estimate of drug-likeness (QED) is 0.841. The predicted molar refractivity (Wildman–Crippen MR) is 88.0 cm³/mol. The van der Waals surface area contributed by atoms with Crippen molar-refractivity contribution < 1.29 is 23.8 Å². The van der Waals surface area contributed by atoms with Gasteiger partial charge in [-0.25, -0.2) is 9.18 Å². The summed E-state index contributed by atoms with van der Waals surface area (Å²) in [5.74, 6) is -0.756. The lowest BCUT2D eigenvalue weighted by molar-refractivity contribution is -0.156. The van der Waals surface area contributed by atoms with Gasteiger partial charge in [0.05, 0.1) is 12.0 Å². The largest absolute Gasteiger partial charge is 0.465 e. The summed E-state index contributed by atoms with van der Waals surface area (Å²) >= 11 is 0. The van der Waals surface area contributed by atoms with E-state index < -0.39 is 23.6 Å². The molecule has 0 saturated carbocycles. The normalized spacial score (nSPS) is 18.1. The van der Waals surface area contributed by atoms with Crippen LogP contribution in [0.5, 0.6) is 0 Å². The molecule has 0 radical (unpaired) electrons. The third-order valence-corrected chi connectivity index (χ3v) is 3.90. The van der Waals surface area contributed by atoms with E-state index >= 15 is 0 Å². The maximum atomic E-state index is 13.4. The van der Waals surface area contributed by atoms with Crippen LogP contribution in [-0.2, 0) is 9.53 Å². The molecule has 130 valence electrons. The second kappa shape index (κ2) is 6.63. The van der Waals surface area contributed by atoms with Gasteiger partial charge in [-0.2, -0.15) is 0 Å². The minimum Gasteiger partial charge on any atom is -0.465 e. The molecule has 1 aromatic rings. The number of carbonyl (C=O) groups excluding carboxylic acids is 1. The van der Waals surface area contributed by atoms with Crippen molar-refractivity contribution in [3.8, 4) is 0 Å². The van der Waals surface area contributed by atoms with Crippen LogP contribution < -0.4 is 0 Å². The second-order valence-electron chi connectivity index (χ2n) is 6.95. The highest BCUT2D eigenvalue weighted by atomic mass is 19.1. The first-order valence-corrected chi connectivity index (χ1v) is 7.75. The van der Waals surface area contributed by atoms with Crippen molar-refractivity contribution in [3.63, 3.8) is 0 Å². The zero-order valence-electron chi connectivity index (χ0n) is 14.3. The Morgan fingerprint density at radius 2 is 2.00 bits per heavy atom. The van der Waals surface area contributed by atoms with Gasteiger partial charge in [-0.15, -0.1) is 0 Å². The van der Waals surface area contributed by atoms with E-state index in [0.29, 0.717) is 11.1 Å². The zero-order valence-corrected chi connectivity index (χ0v) is 14.3. The van der Waals surface area contributed by atoms with Gasteiger partial charge in [0.2, 0.25) is 0 Å². The van der Waals surface area contributed by atoms with E-state index in [1.54, 1.807) is 39.8 Å². The van der Waals surface area contributed by atoms with E-state index in [-0.39, 0.29) is 18.9 Å². The highest BCUT2D eigenvalue weighted by Gasteiger charge is 2.33. The second-order valence-corrected chi connectivity index (χ2v) is 6.95. The monoisotopic (exact) mass is 335 g/mol.